The van der Waals surface area contributed by atoms with E-state index < -0.39 is 24.2 Å². The average molecular weight is 300 g/mol. The van der Waals surface area contributed by atoms with Crippen molar-refractivity contribution in [2.75, 3.05) is 11.1 Å². The zero-order chi connectivity index (χ0) is 15.7. The molecule has 3 nitrogen and oxygen atoms in total. The Morgan fingerprint density at radius 2 is 1.65 bits per heavy atom. The molecule has 1 aromatic carbocycles. The van der Waals surface area contributed by atoms with Gasteiger partial charge in [-0.2, -0.15) is 26.3 Å². The van der Waals surface area contributed by atoms with Crippen molar-refractivity contribution >= 4 is 17.3 Å². The van der Waals surface area contributed by atoms with Gasteiger partial charge in [0.05, 0.1) is 0 Å². The van der Waals surface area contributed by atoms with Crippen molar-refractivity contribution < 1.29 is 31.1 Å². The Hall–Kier alpha value is -1.93. The number of nitrogens with two attached hydrogens (primary N) is 1. The van der Waals surface area contributed by atoms with Gasteiger partial charge in [-0.3, -0.25) is 4.79 Å². The number of hydrogen-bond donors (Lipinski definition) is 2. The van der Waals surface area contributed by atoms with Gasteiger partial charge in [0.25, 0.3) is 0 Å². The minimum absolute atomic E-state index is 0.137. The molecule has 1 rings (SSSR count). The third-order valence-corrected chi connectivity index (χ3v) is 2.46. The molecule has 9 heteroatoms. The molecule has 0 bridgehead atoms. The van der Waals surface area contributed by atoms with Gasteiger partial charge in [-0.25, -0.2) is 0 Å². The van der Waals surface area contributed by atoms with Crippen LogP contribution >= 0.6 is 0 Å². The fourth-order valence-electron chi connectivity index (χ4n) is 1.42. The Morgan fingerprint density at radius 1 is 1.15 bits per heavy atom. The van der Waals surface area contributed by atoms with Gasteiger partial charge >= 0.3 is 12.4 Å². The number of alkyl halides is 6. The van der Waals surface area contributed by atoms with Gasteiger partial charge in [0, 0.05) is 11.4 Å². The van der Waals surface area contributed by atoms with E-state index in [4.69, 9.17) is 5.73 Å². The molecule has 0 aliphatic heterocycles. The Balaban J connectivity index is 3.00. The standard InChI is InChI=1S/C11H10F6N2O/c1-5-2-3-6(4-7(5)18)19-9(20)8(10(12,13)14)11(15,16)17/h2-4,8H,18H2,1H3,(H,19,20). The second-order valence-corrected chi connectivity index (χ2v) is 4.08. The summed E-state index contributed by atoms with van der Waals surface area (Å²) in [5.41, 5.74) is 5.92. The maximum Gasteiger partial charge on any atom is 0.409 e. The van der Waals surface area contributed by atoms with Gasteiger partial charge in [0.2, 0.25) is 11.8 Å². The summed E-state index contributed by atoms with van der Waals surface area (Å²) in [7, 11) is 0. The largest absolute Gasteiger partial charge is 0.409 e. The van der Waals surface area contributed by atoms with E-state index in [1.54, 1.807) is 12.2 Å². The summed E-state index contributed by atoms with van der Waals surface area (Å²) >= 11 is 0. The van der Waals surface area contributed by atoms with Crippen molar-refractivity contribution in [2.45, 2.75) is 19.3 Å². The van der Waals surface area contributed by atoms with Crippen LogP contribution < -0.4 is 11.1 Å². The summed E-state index contributed by atoms with van der Waals surface area (Å²) in [5.74, 6) is -6.29. The molecule has 0 spiro atoms. The molecule has 0 heterocycles. The molecule has 112 valence electrons. The van der Waals surface area contributed by atoms with Crippen molar-refractivity contribution in [3.8, 4) is 0 Å². The molecule has 20 heavy (non-hydrogen) atoms. The van der Waals surface area contributed by atoms with E-state index in [1.807, 2.05) is 0 Å². The van der Waals surface area contributed by atoms with E-state index >= 15 is 0 Å². The number of hydrogen-bond acceptors (Lipinski definition) is 2. The van der Waals surface area contributed by atoms with E-state index in [0.717, 1.165) is 12.1 Å². The number of carbonyl (C=O) groups is 1. The molecule has 3 N–H and O–H groups in total. The summed E-state index contributed by atoms with van der Waals surface area (Å²) in [4.78, 5) is 11.2. The van der Waals surface area contributed by atoms with Gasteiger partial charge < -0.3 is 11.1 Å². The van der Waals surface area contributed by atoms with Crippen LogP contribution in [0.5, 0.6) is 0 Å². The van der Waals surface area contributed by atoms with Crippen molar-refractivity contribution in [1.29, 1.82) is 0 Å². The average Bonchev–Trinajstić information content (AvgIpc) is 2.18. The maximum absolute atomic E-state index is 12.3. The molecule has 0 saturated carbocycles. The van der Waals surface area contributed by atoms with Gasteiger partial charge in [0.1, 0.15) is 0 Å². The lowest BCUT2D eigenvalue weighted by atomic mass is 10.1. The third-order valence-electron chi connectivity index (χ3n) is 2.46. The van der Waals surface area contributed by atoms with E-state index in [1.165, 1.54) is 6.07 Å². The summed E-state index contributed by atoms with van der Waals surface area (Å²) in [6, 6.07) is 3.60. The topological polar surface area (TPSA) is 55.1 Å². The number of amides is 1. The molecule has 0 aliphatic rings. The number of nitrogens with one attached hydrogen (secondary N) is 1. The lowest BCUT2D eigenvalue weighted by molar-refractivity contribution is -0.272. The van der Waals surface area contributed by atoms with Crippen LogP contribution in [0.3, 0.4) is 0 Å². The van der Waals surface area contributed by atoms with Crippen molar-refractivity contribution in [3.05, 3.63) is 23.8 Å². The predicted octanol–water partition coefficient (Wildman–Crippen LogP) is 3.26. The molecule has 0 aliphatic carbocycles. The first-order chi connectivity index (χ1) is 8.93. The number of carbonyl (C=O) groups excluding carboxylic acids is 1. The molecule has 0 fully saturated rings. The highest BCUT2D eigenvalue weighted by atomic mass is 19.4. The first-order valence-corrected chi connectivity index (χ1v) is 5.23. The number of rotatable bonds is 2. The van der Waals surface area contributed by atoms with Gasteiger partial charge in [-0.05, 0) is 24.6 Å². The zero-order valence-electron chi connectivity index (χ0n) is 10.1. The van der Waals surface area contributed by atoms with Crippen molar-refractivity contribution in [1.82, 2.24) is 0 Å². The molecular formula is C11H10F6N2O. The Labute approximate surface area is 109 Å². The third kappa shape index (κ3) is 3.78. The van der Waals surface area contributed by atoms with E-state index in [0.29, 0.717) is 5.56 Å². The predicted molar refractivity (Wildman–Crippen MR) is 59.8 cm³/mol. The highest BCUT2D eigenvalue weighted by Gasteiger charge is 2.61. The van der Waals surface area contributed by atoms with Crippen LogP contribution in [0.4, 0.5) is 37.7 Å². The number of aryl methyl sites for hydroxylation is 1. The summed E-state index contributed by atoms with van der Waals surface area (Å²) in [5, 5.41) is 1.56. The molecule has 0 unspecified atom stereocenters. The van der Waals surface area contributed by atoms with Crippen molar-refractivity contribution in [3.63, 3.8) is 0 Å². The zero-order valence-corrected chi connectivity index (χ0v) is 10.1. The van der Waals surface area contributed by atoms with Crippen LogP contribution in [-0.2, 0) is 4.79 Å². The molecule has 1 amide bonds. The van der Waals surface area contributed by atoms with Crippen LogP contribution in [0.15, 0.2) is 18.2 Å². The first-order valence-electron chi connectivity index (χ1n) is 5.23. The lowest BCUT2D eigenvalue weighted by Gasteiger charge is -2.22. The summed E-state index contributed by atoms with van der Waals surface area (Å²) in [6.07, 6.45) is -11.4. The van der Waals surface area contributed by atoms with Gasteiger partial charge in [-0.1, -0.05) is 6.07 Å². The SMILES string of the molecule is Cc1ccc(NC(=O)C(C(F)(F)F)C(F)(F)F)cc1N. The second kappa shape index (κ2) is 5.22. The molecular weight excluding hydrogens is 290 g/mol. The molecule has 0 atom stereocenters. The van der Waals surface area contributed by atoms with Crippen LogP contribution in [0, 0.1) is 12.8 Å². The minimum atomic E-state index is -5.72. The minimum Gasteiger partial charge on any atom is -0.398 e. The van der Waals surface area contributed by atoms with E-state index in [2.05, 4.69) is 0 Å². The molecule has 1 aromatic rings. The monoisotopic (exact) mass is 300 g/mol. The van der Waals surface area contributed by atoms with E-state index in [-0.39, 0.29) is 11.4 Å². The number of benzene rings is 1. The van der Waals surface area contributed by atoms with Crippen molar-refractivity contribution in [2.24, 2.45) is 5.92 Å². The Bertz CT molecular complexity index is 495. The van der Waals surface area contributed by atoms with Crippen LogP contribution in [0.25, 0.3) is 0 Å². The first kappa shape index (κ1) is 16.1. The maximum atomic E-state index is 12.3. The summed E-state index contributed by atoms with van der Waals surface area (Å²) in [6.45, 7) is 1.59. The number of halogens is 6. The molecule has 0 saturated heterocycles. The smallest absolute Gasteiger partial charge is 0.398 e. The normalized spacial score (nSPS) is 12.6. The lowest BCUT2D eigenvalue weighted by Crippen LogP contribution is -2.45. The highest BCUT2D eigenvalue weighted by Crippen LogP contribution is 2.39. The van der Waals surface area contributed by atoms with Crippen LogP contribution in [0.1, 0.15) is 5.56 Å². The summed E-state index contributed by atoms with van der Waals surface area (Å²) < 4.78 is 73.8. The van der Waals surface area contributed by atoms with Gasteiger partial charge in [0.15, 0.2) is 0 Å². The molecule has 0 aromatic heterocycles. The fraction of sp³-hybridized carbons (Fsp3) is 0.364. The highest BCUT2D eigenvalue weighted by molar-refractivity contribution is 5.94. The van der Waals surface area contributed by atoms with Gasteiger partial charge in [-0.15, -0.1) is 0 Å². The van der Waals surface area contributed by atoms with Crippen LogP contribution in [-0.4, -0.2) is 18.3 Å². The number of anilines is 2. The number of nitrogen functional groups attached to an aromatic ring is 1. The Kier molecular flexibility index (Phi) is 4.21. The van der Waals surface area contributed by atoms with Crippen LogP contribution in [0.2, 0.25) is 0 Å². The molecule has 0 radical (unpaired) electrons. The fourth-order valence-corrected chi connectivity index (χ4v) is 1.42. The Morgan fingerprint density at radius 3 is 2.05 bits per heavy atom. The quantitative estimate of drug-likeness (QED) is 0.650. The van der Waals surface area contributed by atoms with E-state index in [9.17, 15) is 31.1 Å². The second-order valence-electron chi connectivity index (χ2n) is 4.08.